The summed E-state index contributed by atoms with van der Waals surface area (Å²) in [5.41, 5.74) is 0. The van der Waals surface area contributed by atoms with Crippen molar-refractivity contribution in [1.29, 1.82) is 0 Å². The third kappa shape index (κ3) is 3.02. The summed E-state index contributed by atoms with van der Waals surface area (Å²) in [6.45, 7) is 6.42. The number of carbonyl (C=O) groups is 1. The summed E-state index contributed by atoms with van der Waals surface area (Å²) in [6, 6.07) is 3.50. The summed E-state index contributed by atoms with van der Waals surface area (Å²) < 4.78 is 5.24. The Balaban J connectivity index is 2.71. The molecule has 90 valence electrons. The Morgan fingerprint density at radius 2 is 2.06 bits per heavy atom. The first-order chi connectivity index (χ1) is 7.41. The van der Waals surface area contributed by atoms with Gasteiger partial charge in [0.25, 0.3) is 0 Å². The van der Waals surface area contributed by atoms with Crippen LogP contribution in [0.4, 0.5) is 5.88 Å². The molecule has 16 heavy (non-hydrogen) atoms. The molecule has 1 atom stereocenters. The van der Waals surface area contributed by atoms with Crippen LogP contribution in [0.1, 0.15) is 37.7 Å². The third-order valence-corrected chi connectivity index (χ3v) is 2.62. The smallest absolute Gasteiger partial charge is 0.371 e. The molecule has 0 saturated heterocycles. The minimum Gasteiger partial charge on any atom is -0.475 e. The lowest BCUT2D eigenvalue weighted by Crippen LogP contribution is -2.29. The first kappa shape index (κ1) is 12.6. The summed E-state index contributed by atoms with van der Waals surface area (Å²) in [6.07, 6.45) is 1.04. The van der Waals surface area contributed by atoms with Gasteiger partial charge >= 0.3 is 5.97 Å². The number of hydrogen-bond acceptors (Lipinski definition) is 3. The highest BCUT2D eigenvalue weighted by Gasteiger charge is 2.16. The predicted molar refractivity (Wildman–Crippen MR) is 63.0 cm³/mol. The van der Waals surface area contributed by atoms with E-state index in [-0.39, 0.29) is 5.76 Å². The van der Waals surface area contributed by atoms with Gasteiger partial charge in [-0.05, 0) is 25.3 Å². The van der Waals surface area contributed by atoms with Crippen molar-refractivity contribution in [2.45, 2.75) is 33.2 Å². The monoisotopic (exact) mass is 225 g/mol. The van der Waals surface area contributed by atoms with Crippen molar-refractivity contribution in [1.82, 2.24) is 0 Å². The van der Waals surface area contributed by atoms with Gasteiger partial charge in [0.2, 0.25) is 5.76 Å². The second-order valence-corrected chi connectivity index (χ2v) is 4.53. The van der Waals surface area contributed by atoms with Gasteiger partial charge < -0.3 is 14.4 Å². The number of carboxylic acids is 1. The highest BCUT2D eigenvalue weighted by atomic mass is 16.4. The molecule has 0 aliphatic heterocycles. The van der Waals surface area contributed by atoms with Gasteiger partial charge in [-0.25, -0.2) is 4.79 Å². The molecule has 0 radical (unpaired) electrons. The average molecular weight is 225 g/mol. The van der Waals surface area contributed by atoms with Gasteiger partial charge in [-0.3, -0.25) is 0 Å². The van der Waals surface area contributed by atoms with E-state index in [1.54, 1.807) is 6.07 Å². The van der Waals surface area contributed by atoms with Crippen molar-refractivity contribution >= 4 is 11.9 Å². The Kier molecular flexibility index (Phi) is 3.99. The minimum absolute atomic E-state index is 0.0152. The Morgan fingerprint density at radius 1 is 1.44 bits per heavy atom. The normalized spacial score (nSPS) is 12.8. The van der Waals surface area contributed by atoms with Crippen molar-refractivity contribution in [2.75, 3.05) is 11.9 Å². The van der Waals surface area contributed by atoms with E-state index >= 15 is 0 Å². The minimum atomic E-state index is -1.03. The van der Waals surface area contributed by atoms with E-state index in [1.807, 2.05) is 11.9 Å². The Hall–Kier alpha value is -1.45. The molecule has 1 unspecified atom stereocenters. The van der Waals surface area contributed by atoms with Crippen LogP contribution in [0.25, 0.3) is 0 Å². The van der Waals surface area contributed by atoms with Crippen LogP contribution in [0, 0.1) is 5.92 Å². The topological polar surface area (TPSA) is 53.7 Å². The Labute approximate surface area is 95.9 Å². The van der Waals surface area contributed by atoms with Gasteiger partial charge in [-0.2, -0.15) is 0 Å². The number of furan rings is 1. The highest BCUT2D eigenvalue weighted by molar-refractivity contribution is 5.84. The lowest BCUT2D eigenvalue weighted by Gasteiger charge is -2.25. The summed E-state index contributed by atoms with van der Waals surface area (Å²) >= 11 is 0. The van der Waals surface area contributed by atoms with Gasteiger partial charge in [0, 0.05) is 19.2 Å². The van der Waals surface area contributed by atoms with Gasteiger partial charge in [0.1, 0.15) is 0 Å². The zero-order valence-electron chi connectivity index (χ0n) is 10.2. The molecule has 4 nitrogen and oxygen atoms in total. The van der Waals surface area contributed by atoms with E-state index in [4.69, 9.17) is 9.52 Å². The molecule has 0 aliphatic carbocycles. The molecule has 1 aromatic heterocycles. The van der Waals surface area contributed by atoms with Crippen molar-refractivity contribution in [3.63, 3.8) is 0 Å². The van der Waals surface area contributed by atoms with E-state index in [0.29, 0.717) is 17.8 Å². The molecule has 0 fully saturated rings. The van der Waals surface area contributed by atoms with E-state index in [2.05, 4.69) is 20.8 Å². The molecule has 1 N–H and O–H groups in total. The summed E-state index contributed by atoms with van der Waals surface area (Å²) in [7, 11) is 1.91. The molecular formula is C12H19NO3. The zero-order chi connectivity index (χ0) is 12.3. The SMILES string of the molecule is CC(C)CC(C)N(C)c1ccc(C(=O)O)o1. The second-order valence-electron chi connectivity index (χ2n) is 4.53. The summed E-state index contributed by atoms with van der Waals surface area (Å²) in [4.78, 5) is 12.6. The molecule has 1 heterocycles. The van der Waals surface area contributed by atoms with Crippen LogP contribution in [0.2, 0.25) is 0 Å². The molecule has 0 saturated carbocycles. The molecule has 4 heteroatoms. The fraction of sp³-hybridized carbons (Fsp3) is 0.583. The van der Waals surface area contributed by atoms with E-state index in [9.17, 15) is 4.79 Å². The van der Waals surface area contributed by atoms with Crippen LogP contribution in [0.3, 0.4) is 0 Å². The van der Waals surface area contributed by atoms with Gasteiger partial charge in [0.05, 0.1) is 0 Å². The Bertz CT molecular complexity index is 357. The maximum atomic E-state index is 10.7. The molecular weight excluding hydrogens is 206 g/mol. The molecule has 1 rings (SSSR count). The van der Waals surface area contributed by atoms with Crippen molar-refractivity contribution < 1.29 is 14.3 Å². The maximum Gasteiger partial charge on any atom is 0.371 e. The fourth-order valence-electron chi connectivity index (χ4n) is 1.69. The van der Waals surface area contributed by atoms with Crippen LogP contribution in [-0.2, 0) is 0 Å². The highest BCUT2D eigenvalue weighted by Crippen LogP contribution is 2.21. The molecule has 0 amide bonds. The number of nitrogens with zero attached hydrogens (tertiary/aromatic N) is 1. The van der Waals surface area contributed by atoms with Gasteiger partial charge in [0.15, 0.2) is 5.88 Å². The quantitative estimate of drug-likeness (QED) is 0.837. The number of hydrogen-bond donors (Lipinski definition) is 1. The van der Waals surface area contributed by atoms with Crippen LogP contribution in [0.5, 0.6) is 0 Å². The van der Waals surface area contributed by atoms with Crippen LogP contribution < -0.4 is 4.90 Å². The molecule has 0 spiro atoms. The molecule has 0 aromatic carbocycles. The largest absolute Gasteiger partial charge is 0.475 e. The van der Waals surface area contributed by atoms with Crippen molar-refractivity contribution in [2.24, 2.45) is 5.92 Å². The van der Waals surface area contributed by atoms with Crippen molar-refractivity contribution in [3.8, 4) is 0 Å². The van der Waals surface area contributed by atoms with Crippen molar-refractivity contribution in [3.05, 3.63) is 17.9 Å². The molecule has 0 aliphatic rings. The van der Waals surface area contributed by atoms with Crippen LogP contribution in [0.15, 0.2) is 16.5 Å². The summed E-state index contributed by atoms with van der Waals surface area (Å²) in [5.74, 6) is 0.159. The number of aromatic carboxylic acids is 1. The van der Waals surface area contributed by atoms with E-state index in [0.717, 1.165) is 6.42 Å². The molecule has 1 aromatic rings. The first-order valence-electron chi connectivity index (χ1n) is 5.47. The third-order valence-electron chi connectivity index (χ3n) is 2.62. The van der Waals surface area contributed by atoms with Gasteiger partial charge in [-0.15, -0.1) is 0 Å². The predicted octanol–water partition coefficient (Wildman–Crippen LogP) is 2.85. The lowest BCUT2D eigenvalue weighted by atomic mass is 10.0. The van der Waals surface area contributed by atoms with Gasteiger partial charge in [-0.1, -0.05) is 13.8 Å². The molecule has 0 bridgehead atoms. The van der Waals surface area contributed by atoms with E-state index < -0.39 is 5.97 Å². The number of carboxylic acid groups (broad SMARTS) is 1. The first-order valence-corrected chi connectivity index (χ1v) is 5.47. The Morgan fingerprint density at radius 3 is 2.50 bits per heavy atom. The van der Waals surface area contributed by atoms with Crippen LogP contribution >= 0.6 is 0 Å². The maximum absolute atomic E-state index is 10.7. The fourth-order valence-corrected chi connectivity index (χ4v) is 1.69. The van der Waals surface area contributed by atoms with Crippen LogP contribution in [-0.4, -0.2) is 24.2 Å². The lowest BCUT2D eigenvalue weighted by molar-refractivity contribution is 0.0663. The van der Waals surface area contributed by atoms with E-state index in [1.165, 1.54) is 6.07 Å². The second kappa shape index (κ2) is 5.05. The standard InChI is InChI=1S/C12H19NO3/c1-8(2)7-9(3)13(4)11-6-5-10(16-11)12(14)15/h5-6,8-9H,7H2,1-4H3,(H,14,15). The number of anilines is 1. The average Bonchev–Trinajstić information content (AvgIpc) is 2.64. The number of rotatable bonds is 5. The zero-order valence-corrected chi connectivity index (χ0v) is 10.2. The summed E-state index contributed by atoms with van der Waals surface area (Å²) in [5, 5.41) is 8.75.